The molecular formula is C15H16F3N3O4. The van der Waals surface area contributed by atoms with Gasteiger partial charge in [-0.2, -0.15) is 13.2 Å². The topological polar surface area (TPSA) is 72.0 Å². The molecule has 1 aromatic rings. The highest BCUT2D eigenvalue weighted by Crippen LogP contribution is 2.31. The molecule has 0 spiro atoms. The Kier molecular flexibility index (Phi) is 4.69. The van der Waals surface area contributed by atoms with Gasteiger partial charge in [-0.25, -0.2) is 9.78 Å². The first kappa shape index (κ1) is 17.3. The summed E-state index contributed by atoms with van der Waals surface area (Å²) in [5.41, 5.74) is -0.837. The van der Waals surface area contributed by atoms with Gasteiger partial charge >= 0.3 is 12.3 Å². The SMILES string of the molecule is O=C(CN1CCOC1=O)N1CC[C@H](Oc2cc(C(F)(F)F)ccn2)C1. The molecule has 3 heterocycles. The normalized spacial score (nSPS) is 20.8. The van der Waals surface area contributed by atoms with Crippen molar-refractivity contribution in [3.05, 3.63) is 23.9 Å². The molecule has 10 heteroatoms. The summed E-state index contributed by atoms with van der Waals surface area (Å²) in [5, 5.41) is 0. The van der Waals surface area contributed by atoms with Crippen LogP contribution in [0.15, 0.2) is 18.3 Å². The summed E-state index contributed by atoms with van der Waals surface area (Å²) in [6.07, 6.45) is -3.91. The average molecular weight is 359 g/mol. The maximum absolute atomic E-state index is 12.7. The van der Waals surface area contributed by atoms with Crippen molar-refractivity contribution in [2.45, 2.75) is 18.7 Å². The molecule has 1 atom stereocenters. The van der Waals surface area contributed by atoms with E-state index in [9.17, 15) is 22.8 Å². The van der Waals surface area contributed by atoms with E-state index >= 15 is 0 Å². The van der Waals surface area contributed by atoms with Gasteiger partial charge in [-0.1, -0.05) is 0 Å². The van der Waals surface area contributed by atoms with Crippen molar-refractivity contribution in [2.24, 2.45) is 0 Å². The van der Waals surface area contributed by atoms with Gasteiger partial charge in [0.2, 0.25) is 11.8 Å². The summed E-state index contributed by atoms with van der Waals surface area (Å²) in [4.78, 5) is 30.2. The molecule has 2 amide bonds. The van der Waals surface area contributed by atoms with E-state index in [-0.39, 0.29) is 31.5 Å². The van der Waals surface area contributed by atoms with E-state index in [2.05, 4.69) is 4.98 Å². The molecule has 0 saturated carbocycles. The molecule has 2 aliphatic heterocycles. The minimum atomic E-state index is -4.47. The van der Waals surface area contributed by atoms with Crippen molar-refractivity contribution >= 4 is 12.0 Å². The summed E-state index contributed by atoms with van der Waals surface area (Å²) >= 11 is 0. The molecule has 2 saturated heterocycles. The fourth-order valence-corrected chi connectivity index (χ4v) is 2.70. The van der Waals surface area contributed by atoms with Crippen LogP contribution in [0.25, 0.3) is 0 Å². The monoisotopic (exact) mass is 359 g/mol. The van der Waals surface area contributed by atoms with Crippen LogP contribution >= 0.6 is 0 Å². The van der Waals surface area contributed by atoms with Crippen LogP contribution in [0.2, 0.25) is 0 Å². The Morgan fingerprint density at radius 3 is 2.88 bits per heavy atom. The molecule has 0 aromatic carbocycles. The number of carbonyl (C=O) groups excluding carboxylic acids is 2. The van der Waals surface area contributed by atoms with Crippen LogP contribution < -0.4 is 4.74 Å². The van der Waals surface area contributed by atoms with E-state index in [0.717, 1.165) is 18.3 Å². The third-order valence-electron chi connectivity index (χ3n) is 4.02. The molecule has 2 aliphatic rings. The fourth-order valence-electron chi connectivity index (χ4n) is 2.70. The van der Waals surface area contributed by atoms with Gasteiger partial charge in [0.1, 0.15) is 19.3 Å². The predicted octanol–water partition coefficient (Wildman–Crippen LogP) is 1.53. The quantitative estimate of drug-likeness (QED) is 0.815. The molecule has 136 valence electrons. The maximum atomic E-state index is 12.7. The number of nitrogens with zero attached hydrogens (tertiary/aromatic N) is 3. The number of amides is 2. The second-order valence-corrected chi connectivity index (χ2v) is 5.78. The lowest BCUT2D eigenvalue weighted by molar-refractivity contribution is -0.137. The molecule has 3 rings (SSSR count). The van der Waals surface area contributed by atoms with Crippen molar-refractivity contribution in [2.75, 3.05) is 32.8 Å². The molecule has 0 bridgehead atoms. The smallest absolute Gasteiger partial charge is 0.416 e. The first-order valence-electron chi connectivity index (χ1n) is 7.72. The van der Waals surface area contributed by atoms with Gasteiger partial charge in [0.25, 0.3) is 0 Å². The minimum Gasteiger partial charge on any atom is -0.472 e. The van der Waals surface area contributed by atoms with Crippen molar-refractivity contribution in [1.29, 1.82) is 0 Å². The average Bonchev–Trinajstić information content (AvgIpc) is 3.17. The summed E-state index contributed by atoms with van der Waals surface area (Å²) in [7, 11) is 0. The van der Waals surface area contributed by atoms with E-state index in [1.54, 1.807) is 0 Å². The van der Waals surface area contributed by atoms with Gasteiger partial charge in [-0.3, -0.25) is 9.69 Å². The van der Waals surface area contributed by atoms with Crippen molar-refractivity contribution < 1.29 is 32.2 Å². The Morgan fingerprint density at radius 2 is 2.20 bits per heavy atom. The number of carbonyl (C=O) groups is 2. The van der Waals surface area contributed by atoms with E-state index in [1.807, 2.05) is 0 Å². The van der Waals surface area contributed by atoms with Gasteiger partial charge in [-0.05, 0) is 6.07 Å². The Balaban J connectivity index is 1.54. The number of pyridine rings is 1. The largest absolute Gasteiger partial charge is 0.472 e. The molecule has 0 unspecified atom stereocenters. The fraction of sp³-hybridized carbons (Fsp3) is 0.533. The van der Waals surface area contributed by atoms with Gasteiger partial charge < -0.3 is 14.4 Å². The first-order valence-corrected chi connectivity index (χ1v) is 7.72. The Morgan fingerprint density at radius 1 is 1.40 bits per heavy atom. The van der Waals surface area contributed by atoms with Crippen LogP contribution in [0, 0.1) is 0 Å². The molecule has 1 aromatic heterocycles. The second-order valence-electron chi connectivity index (χ2n) is 5.78. The number of hydrogen-bond acceptors (Lipinski definition) is 5. The van der Waals surface area contributed by atoms with Crippen LogP contribution in [-0.2, 0) is 15.7 Å². The van der Waals surface area contributed by atoms with E-state index in [4.69, 9.17) is 9.47 Å². The summed E-state index contributed by atoms with van der Waals surface area (Å²) < 4.78 is 48.3. The molecule has 0 aliphatic carbocycles. The number of likely N-dealkylation sites (tertiary alicyclic amines) is 1. The zero-order valence-electron chi connectivity index (χ0n) is 13.2. The van der Waals surface area contributed by atoms with Crippen LogP contribution in [0.3, 0.4) is 0 Å². The lowest BCUT2D eigenvalue weighted by Crippen LogP contribution is -2.40. The molecule has 0 N–H and O–H groups in total. The lowest BCUT2D eigenvalue weighted by Gasteiger charge is -2.20. The molecule has 7 nitrogen and oxygen atoms in total. The number of rotatable bonds is 4. The number of cyclic esters (lactones) is 1. The van der Waals surface area contributed by atoms with Crippen molar-refractivity contribution in [3.63, 3.8) is 0 Å². The highest BCUT2D eigenvalue weighted by molar-refractivity contribution is 5.83. The molecular weight excluding hydrogens is 343 g/mol. The maximum Gasteiger partial charge on any atom is 0.416 e. The van der Waals surface area contributed by atoms with Crippen LogP contribution in [-0.4, -0.2) is 65.7 Å². The molecule has 2 fully saturated rings. The molecule has 0 radical (unpaired) electrons. The lowest BCUT2D eigenvalue weighted by atomic mass is 10.2. The zero-order chi connectivity index (χ0) is 18.0. The highest BCUT2D eigenvalue weighted by atomic mass is 19.4. The standard InChI is InChI=1S/C15H16F3N3O4/c16-15(17,18)10-1-3-19-12(7-10)25-11-2-4-20(8-11)13(22)9-21-5-6-24-14(21)23/h1,3,7,11H,2,4-6,8-9H2/t11-/m0/s1. The van der Waals surface area contributed by atoms with E-state index < -0.39 is 23.9 Å². The number of halogens is 3. The second kappa shape index (κ2) is 6.77. The van der Waals surface area contributed by atoms with E-state index in [0.29, 0.717) is 19.5 Å². The Labute approximate surface area is 141 Å². The highest BCUT2D eigenvalue weighted by Gasteiger charge is 2.33. The molecule has 25 heavy (non-hydrogen) atoms. The number of hydrogen-bond donors (Lipinski definition) is 0. The van der Waals surface area contributed by atoms with Gasteiger partial charge in [0.15, 0.2) is 0 Å². The van der Waals surface area contributed by atoms with Crippen molar-refractivity contribution in [3.8, 4) is 5.88 Å². The third-order valence-corrected chi connectivity index (χ3v) is 4.02. The van der Waals surface area contributed by atoms with Crippen LogP contribution in [0.5, 0.6) is 5.88 Å². The van der Waals surface area contributed by atoms with Gasteiger partial charge in [-0.15, -0.1) is 0 Å². The van der Waals surface area contributed by atoms with Crippen molar-refractivity contribution in [1.82, 2.24) is 14.8 Å². The van der Waals surface area contributed by atoms with Crippen LogP contribution in [0.4, 0.5) is 18.0 Å². The summed E-state index contributed by atoms with van der Waals surface area (Å²) in [6, 6.07) is 1.71. The number of alkyl halides is 3. The van der Waals surface area contributed by atoms with Crippen LogP contribution in [0.1, 0.15) is 12.0 Å². The third kappa shape index (κ3) is 4.12. The van der Waals surface area contributed by atoms with Gasteiger partial charge in [0, 0.05) is 25.2 Å². The van der Waals surface area contributed by atoms with Gasteiger partial charge in [0.05, 0.1) is 18.7 Å². The first-order chi connectivity index (χ1) is 11.8. The summed E-state index contributed by atoms with van der Waals surface area (Å²) in [6.45, 7) is 1.20. The summed E-state index contributed by atoms with van der Waals surface area (Å²) in [5.74, 6) is -0.376. The minimum absolute atomic E-state index is 0.0760. The Bertz CT molecular complexity index is 668. The number of aromatic nitrogens is 1. The zero-order valence-corrected chi connectivity index (χ0v) is 13.2. The predicted molar refractivity (Wildman–Crippen MR) is 77.8 cm³/mol. The number of ether oxygens (including phenoxy) is 2. The Hall–Kier alpha value is -2.52. The van der Waals surface area contributed by atoms with E-state index in [1.165, 1.54) is 9.80 Å².